The predicted octanol–water partition coefficient (Wildman–Crippen LogP) is 7.67. The lowest BCUT2D eigenvalue weighted by Crippen LogP contribution is -2.21. The number of fused-ring (bicyclic) bond motifs is 2. The summed E-state index contributed by atoms with van der Waals surface area (Å²) in [5.41, 5.74) is 10.2. The lowest BCUT2D eigenvalue weighted by molar-refractivity contribution is 0.476. The van der Waals surface area contributed by atoms with E-state index in [4.69, 9.17) is 0 Å². The maximum atomic E-state index is 13.3. The number of hydrogen-bond donors (Lipinski definition) is 2. The first-order chi connectivity index (χ1) is 23.1. The molecule has 0 spiro atoms. The van der Waals surface area contributed by atoms with Crippen LogP contribution in [0, 0.1) is 25.7 Å². The Kier molecular flexibility index (Phi) is 8.89. The van der Waals surface area contributed by atoms with E-state index in [0.717, 1.165) is 96.2 Å². The van der Waals surface area contributed by atoms with Gasteiger partial charge in [-0.3, -0.25) is 0 Å². The minimum Gasteiger partial charge on any atom is -0.200 e. The minimum atomic E-state index is -3.85. The number of nitrogens with one attached hydrogen (secondary N) is 2. The molecule has 10 heteroatoms. The van der Waals surface area contributed by atoms with Gasteiger partial charge in [-0.05, 0) is 112 Å². The zero-order valence-corrected chi connectivity index (χ0v) is 29.1. The molecule has 0 aromatic heterocycles. The van der Waals surface area contributed by atoms with Crippen molar-refractivity contribution < 1.29 is 16.8 Å². The van der Waals surface area contributed by atoms with E-state index in [1.807, 2.05) is 26.0 Å². The second kappa shape index (κ2) is 13.1. The Morgan fingerprint density at radius 3 is 1.35 bits per heavy atom. The molecule has 2 fully saturated rings. The van der Waals surface area contributed by atoms with Crippen LogP contribution in [0.5, 0.6) is 0 Å². The summed E-state index contributed by atoms with van der Waals surface area (Å²) < 4.78 is 53.2. The molecule has 4 aliphatic rings. The molecule has 8 nitrogen and oxygen atoms in total. The summed E-state index contributed by atoms with van der Waals surface area (Å²) in [4.78, 5) is 5.47. The molecule has 7 rings (SSSR count). The maximum absolute atomic E-state index is 13.3. The first-order valence-corrected chi connectivity index (χ1v) is 19.9. The lowest BCUT2D eigenvalue weighted by Gasteiger charge is -2.23. The largest absolute Gasteiger partial charge is 0.276 e. The van der Waals surface area contributed by atoms with Crippen molar-refractivity contribution in [2.24, 2.45) is 22.0 Å². The highest BCUT2D eigenvalue weighted by Gasteiger charge is 2.38. The number of rotatable bonds is 8. The Morgan fingerprint density at radius 1 is 0.562 bits per heavy atom. The monoisotopic (exact) mass is 682 g/mol. The van der Waals surface area contributed by atoms with Gasteiger partial charge in [-0.15, -0.1) is 0 Å². The molecule has 0 aliphatic heterocycles. The standard InChI is InChI=1S/C38H42N4O4S2/c1-25-15-19-29(20-16-25)47(43,44)41-39-35-23-27-9-3-5-11-31(27)37(35)33-13-7-8-14-34(33)38-32-12-6-4-10-28(32)24-36(38)40-42-48(45,46)30-21-17-26(2)18-22-30/h7-8,13-22,27-28,41-42H,3-6,9-12,23-24H2,1-2H3/b39-35+,40-36+. The van der Waals surface area contributed by atoms with Gasteiger partial charge in [-0.2, -0.15) is 36.7 Å². The molecule has 48 heavy (non-hydrogen) atoms. The van der Waals surface area contributed by atoms with Gasteiger partial charge in [-0.25, -0.2) is 0 Å². The summed E-state index contributed by atoms with van der Waals surface area (Å²) in [7, 11) is -7.71. The fourth-order valence-electron chi connectivity index (χ4n) is 7.87. The minimum absolute atomic E-state index is 0.178. The highest BCUT2D eigenvalue weighted by Crippen LogP contribution is 2.49. The van der Waals surface area contributed by atoms with Gasteiger partial charge < -0.3 is 0 Å². The van der Waals surface area contributed by atoms with E-state index < -0.39 is 20.0 Å². The van der Waals surface area contributed by atoms with Crippen LogP contribution in [0.4, 0.5) is 0 Å². The number of hydrazone groups is 2. The summed E-state index contributed by atoms with van der Waals surface area (Å²) in [5.74, 6) is 0.644. The molecule has 2 N–H and O–H groups in total. The second-order valence-corrected chi connectivity index (χ2v) is 16.9. The quantitative estimate of drug-likeness (QED) is 0.237. The van der Waals surface area contributed by atoms with E-state index in [1.54, 1.807) is 48.5 Å². The van der Waals surface area contributed by atoms with Gasteiger partial charge in [0.15, 0.2) is 0 Å². The molecule has 0 heterocycles. The van der Waals surface area contributed by atoms with Crippen molar-refractivity contribution in [3.05, 3.63) is 106 Å². The first kappa shape index (κ1) is 32.5. The third-order valence-electron chi connectivity index (χ3n) is 10.3. The summed E-state index contributed by atoms with van der Waals surface area (Å²) >= 11 is 0. The fraction of sp³-hybridized carbons (Fsp3) is 0.368. The molecular formula is C38H42N4O4S2. The van der Waals surface area contributed by atoms with E-state index in [1.165, 1.54) is 11.1 Å². The van der Waals surface area contributed by atoms with Gasteiger partial charge in [0.2, 0.25) is 0 Å². The third kappa shape index (κ3) is 6.40. The highest BCUT2D eigenvalue weighted by molar-refractivity contribution is 7.89. The van der Waals surface area contributed by atoms with Crippen molar-refractivity contribution in [2.45, 2.75) is 87.8 Å². The van der Waals surface area contributed by atoms with Crippen LogP contribution in [0.3, 0.4) is 0 Å². The number of allylic oxidation sites excluding steroid dienone is 4. The molecule has 0 radical (unpaired) electrons. The molecule has 250 valence electrons. The third-order valence-corrected chi connectivity index (χ3v) is 12.8. The lowest BCUT2D eigenvalue weighted by atomic mass is 9.82. The van der Waals surface area contributed by atoms with Crippen molar-refractivity contribution >= 4 is 42.6 Å². The van der Waals surface area contributed by atoms with Crippen LogP contribution in [0.25, 0.3) is 11.1 Å². The summed E-state index contributed by atoms with van der Waals surface area (Å²) in [6.07, 6.45) is 9.81. The van der Waals surface area contributed by atoms with Gasteiger partial charge >= 0.3 is 0 Å². The van der Waals surface area contributed by atoms with Crippen LogP contribution in [0.2, 0.25) is 0 Å². The molecule has 2 saturated carbocycles. The van der Waals surface area contributed by atoms with E-state index in [-0.39, 0.29) is 9.79 Å². The number of nitrogens with zero attached hydrogens (tertiary/aromatic N) is 2. The smallest absolute Gasteiger partial charge is 0.200 e. The van der Waals surface area contributed by atoms with Crippen LogP contribution < -0.4 is 9.66 Å². The van der Waals surface area contributed by atoms with Crippen LogP contribution in [0.1, 0.15) is 86.5 Å². The average molecular weight is 683 g/mol. The van der Waals surface area contributed by atoms with E-state index in [2.05, 4.69) is 32.0 Å². The van der Waals surface area contributed by atoms with E-state index >= 15 is 0 Å². The van der Waals surface area contributed by atoms with Crippen molar-refractivity contribution in [3.8, 4) is 0 Å². The second-order valence-electron chi connectivity index (χ2n) is 13.6. The Hall–Kier alpha value is -4.02. The van der Waals surface area contributed by atoms with Crippen LogP contribution in [-0.2, 0) is 20.0 Å². The number of aryl methyl sites for hydroxylation is 2. The van der Waals surface area contributed by atoms with Crippen LogP contribution >= 0.6 is 0 Å². The number of benzene rings is 3. The summed E-state index contributed by atoms with van der Waals surface area (Å²) in [5, 5.41) is 9.27. The van der Waals surface area contributed by atoms with Crippen LogP contribution in [0.15, 0.2) is 104 Å². The summed E-state index contributed by atoms with van der Waals surface area (Å²) in [6, 6.07) is 21.8. The summed E-state index contributed by atoms with van der Waals surface area (Å²) in [6.45, 7) is 3.84. The van der Waals surface area contributed by atoms with Crippen molar-refractivity contribution in [1.29, 1.82) is 0 Å². The van der Waals surface area contributed by atoms with Crippen LogP contribution in [-0.4, -0.2) is 28.3 Å². The van der Waals surface area contributed by atoms with Gasteiger partial charge in [0, 0.05) is 11.1 Å². The van der Waals surface area contributed by atoms with Gasteiger partial charge in [-0.1, -0.05) is 83.6 Å². The highest BCUT2D eigenvalue weighted by atomic mass is 32.2. The normalized spacial score (nSPS) is 23.0. The van der Waals surface area contributed by atoms with Gasteiger partial charge in [0.05, 0.1) is 21.2 Å². The Bertz CT molecular complexity index is 1930. The average Bonchev–Trinajstić information content (AvgIpc) is 3.65. The molecule has 0 amide bonds. The van der Waals surface area contributed by atoms with Crippen molar-refractivity contribution in [2.75, 3.05) is 0 Å². The number of sulfonamides is 2. The maximum Gasteiger partial charge on any atom is 0.276 e. The molecule has 0 bridgehead atoms. The Labute approximate surface area is 284 Å². The number of hydrogen-bond acceptors (Lipinski definition) is 6. The van der Waals surface area contributed by atoms with E-state index in [9.17, 15) is 16.8 Å². The fourth-order valence-corrected chi connectivity index (χ4v) is 9.53. The molecule has 2 unspecified atom stereocenters. The molecule has 3 aromatic rings. The molecular weight excluding hydrogens is 641 g/mol. The Balaban J connectivity index is 1.30. The molecule has 3 aromatic carbocycles. The topological polar surface area (TPSA) is 117 Å². The van der Waals surface area contributed by atoms with Crippen molar-refractivity contribution in [3.63, 3.8) is 0 Å². The Morgan fingerprint density at radius 2 is 0.958 bits per heavy atom. The van der Waals surface area contributed by atoms with Crippen molar-refractivity contribution in [1.82, 2.24) is 9.66 Å². The zero-order valence-electron chi connectivity index (χ0n) is 27.5. The van der Waals surface area contributed by atoms with E-state index in [0.29, 0.717) is 24.7 Å². The predicted molar refractivity (Wildman–Crippen MR) is 191 cm³/mol. The first-order valence-electron chi connectivity index (χ1n) is 17.0. The van der Waals surface area contributed by atoms with Gasteiger partial charge in [0.1, 0.15) is 0 Å². The molecule has 2 atom stereocenters. The molecule has 0 saturated heterocycles. The van der Waals surface area contributed by atoms with Gasteiger partial charge in [0.25, 0.3) is 20.0 Å². The zero-order chi connectivity index (χ0) is 33.5. The molecule has 4 aliphatic carbocycles. The SMILES string of the molecule is Cc1ccc(S(=O)(=O)N/N=C2\CC3CCCCC3=C2c2ccccc2C2=C3CCCCC3C/C2=N\NS(=O)(=O)c2ccc(C)cc2)cc1.